The van der Waals surface area contributed by atoms with E-state index in [9.17, 15) is 9.59 Å². The number of carbonyl (C=O) groups is 2. The van der Waals surface area contributed by atoms with Crippen LogP contribution in [0.5, 0.6) is 0 Å². The van der Waals surface area contributed by atoms with Gasteiger partial charge < -0.3 is 11.1 Å². The van der Waals surface area contributed by atoms with E-state index in [0.717, 1.165) is 24.7 Å². The first-order valence-electron chi connectivity index (χ1n) is 5.23. The first kappa shape index (κ1) is 9.49. The Bertz CT molecular complexity index is 255. The third-order valence-electron chi connectivity index (χ3n) is 3.28. The van der Waals surface area contributed by atoms with E-state index in [2.05, 4.69) is 5.32 Å². The van der Waals surface area contributed by atoms with Gasteiger partial charge in [0.2, 0.25) is 11.8 Å². The van der Waals surface area contributed by atoms with E-state index < -0.39 is 0 Å². The van der Waals surface area contributed by atoms with Crippen molar-refractivity contribution >= 4 is 11.8 Å². The highest BCUT2D eigenvalue weighted by molar-refractivity contribution is 5.80. The van der Waals surface area contributed by atoms with E-state index in [1.165, 1.54) is 6.42 Å². The molecule has 14 heavy (non-hydrogen) atoms. The summed E-state index contributed by atoms with van der Waals surface area (Å²) in [7, 11) is 0. The lowest BCUT2D eigenvalue weighted by atomic mass is 10.0. The average molecular weight is 196 g/mol. The number of fused-ring (bicyclic) bond motifs is 1. The van der Waals surface area contributed by atoms with Gasteiger partial charge in [-0.15, -0.1) is 0 Å². The minimum Gasteiger partial charge on any atom is -0.370 e. The molecule has 0 aromatic heterocycles. The van der Waals surface area contributed by atoms with Crippen molar-refractivity contribution < 1.29 is 9.59 Å². The van der Waals surface area contributed by atoms with Crippen molar-refractivity contribution in [1.82, 2.24) is 5.32 Å². The second-order valence-corrected chi connectivity index (χ2v) is 4.43. The van der Waals surface area contributed by atoms with Gasteiger partial charge in [0.05, 0.1) is 0 Å². The molecule has 2 aliphatic carbocycles. The molecule has 2 fully saturated rings. The molecule has 0 spiro atoms. The Morgan fingerprint density at radius 3 is 2.43 bits per heavy atom. The Morgan fingerprint density at radius 2 is 1.86 bits per heavy atom. The SMILES string of the molecule is NC(=O)CCNC(=O)C1CC2CC2C1. The summed E-state index contributed by atoms with van der Waals surface area (Å²) in [6, 6.07) is 0. The van der Waals surface area contributed by atoms with Gasteiger partial charge in [0.1, 0.15) is 0 Å². The molecular weight excluding hydrogens is 180 g/mol. The Kier molecular flexibility index (Phi) is 2.44. The van der Waals surface area contributed by atoms with Gasteiger partial charge in [0.15, 0.2) is 0 Å². The van der Waals surface area contributed by atoms with Crippen LogP contribution in [-0.4, -0.2) is 18.4 Å². The summed E-state index contributed by atoms with van der Waals surface area (Å²) >= 11 is 0. The van der Waals surface area contributed by atoms with Crippen molar-refractivity contribution in [2.75, 3.05) is 6.54 Å². The molecule has 2 amide bonds. The average Bonchev–Trinajstić information content (AvgIpc) is 2.73. The fourth-order valence-electron chi connectivity index (χ4n) is 2.38. The summed E-state index contributed by atoms with van der Waals surface area (Å²) in [6.07, 6.45) is 3.66. The van der Waals surface area contributed by atoms with E-state index >= 15 is 0 Å². The van der Waals surface area contributed by atoms with Crippen LogP contribution in [0.2, 0.25) is 0 Å². The minimum atomic E-state index is -0.362. The van der Waals surface area contributed by atoms with Crippen LogP contribution in [-0.2, 0) is 9.59 Å². The van der Waals surface area contributed by atoms with Crippen LogP contribution in [0.1, 0.15) is 25.7 Å². The molecule has 0 aliphatic heterocycles. The van der Waals surface area contributed by atoms with Crippen molar-refractivity contribution in [2.45, 2.75) is 25.7 Å². The molecule has 2 rings (SSSR count). The number of hydrogen-bond acceptors (Lipinski definition) is 2. The lowest BCUT2D eigenvalue weighted by Crippen LogP contribution is -2.32. The van der Waals surface area contributed by atoms with Crippen LogP contribution in [0.3, 0.4) is 0 Å². The maximum absolute atomic E-state index is 11.5. The molecule has 3 N–H and O–H groups in total. The van der Waals surface area contributed by atoms with Crippen molar-refractivity contribution in [3.05, 3.63) is 0 Å². The van der Waals surface area contributed by atoms with Gasteiger partial charge in [0, 0.05) is 18.9 Å². The van der Waals surface area contributed by atoms with E-state index in [0.29, 0.717) is 6.54 Å². The highest BCUT2D eigenvalue weighted by atomic mass is 16.2. The van der Waals surface area contributed by atoms with Crippen LogP contribution in [0.15, 0.2) is 0 Å². The maximum Gasteiger partial charge on any atom is 0.223 e. The maximum atomic E-state index is 11.5. The first-order chi connectivity index (χ1) is 6.66. The number of rotatable bonds is 4. The van der Waals surface area contributed by atoms with E-state index in [1.807, 2.05) is 0 Å². The third-order valence-corrected chi connectivity index (χ3v) is 3.28. The summed E-state index contributed by atoms with van der Waals surface area (Å²) in [5.41, 5.74) is 4.97. The zero-order chi connectivity index (χ0) is 10.1. The zero-order valence-corrected chi connectivity index (χ0v) is 8.16. The summed E-state index contributed by atoms with van der Waals surface area (Å²) < 4.78 is 0. The number of primary amides is 1. The van der Waals surface area contributed by atoms with Gasteiger partial charge in [-0.05, 0) is 31.1 Å². The quantitative estimate of drug-likeness (QED) is 0.665. The van der Waals surface area contributed by atoms with Gasteiger partial charge in [-0.25, -0.2) is 0 Å². The number of hydrogen-bond donors (Lipinski definition) is 2. The summed E-state index contributed by atoms with van der Waals surface area (Å²) in [4.78, 5) is 22.0. The van der Waals surface area contributed by atoms with Crippen LogP contribution in [0, 0.1) is 17.8 Å². The smallest absolute Gasteiger partial charge is 0.223 e. The number of carbonyl (C=O) groups excluding carboxylic acids is 2. The molecular formula is C10H16N2O2. The summed E-state index contributed by atoms with van der Waals surface area (Å²) in [5.74, 6) is 1.59. The van der Waals surface area contributed by atoms with Crippen molar-refractivity contribution in [3.8, 4) is 0 Å². The second kappa shape index (κ2) is 3.59. The van der Waals surface area contributed by atoms with E-state index in [4.69, 9.17) is 5.73 Å². The monoisotopic (exact) mass is 196 g/mol. The molecule has 2 unspecified atom stereocenters. The lowest BCUT2D eigenvalue weighted by molar-refractivity contribution is -0.125. The highest BCUT2D eigenvalue weighted by Crippen LogP contribution is 2.54. The van der Waals surface area contributed by atoms with Crippen LogP contribution >= 0.6 is 0 Å². The number of amides is 2. The van der Waals surface area contributed by atoms with Crippen molar-refractivity contribution in [3.63, 3.8) is 0 Å². The molecule has 0 radical (unpaired) electrons. The highest BCUT2D eigenvalue weighted by Gasteiger charge is 2.47. The van der Waals surface area contributed by atoms with E-state index in [-0.39, 0.29) is 24.2 Å². The standard InChI is InChI=1S/C10H16N2O2/c11-9(13)1-2-12-10(14)8-4-6-3-7(6)5-8/h6-8H,1-5H2,(H2,11,13)(H,12,14). The Labute approximate surface area is 83.2 Å². The normalized spacial score (nSPS) is 33.6. The zero-order valence-electron chi connectivity index (χ0n) is 8.16. The number of nitrogens with one attached hydrogen (secondary N) is 1. The van der Waals surface area contributed by atoms with Gasteiger partial charge in [-0.3, -0.25) is 9.59 Å². The molecule has 0 aromatic rings. The van der Waals surface area contributed by atoms with Crippen molar-refractivity contribution in [2.24, 2.45) is 23.5 Å². The Morgan fingerprint density at radius 1 is 1.21 bits per heavy atom. The largest absolute Gasteiger partial charge is 0.370 e. The molecule has 0 saturated heterocycles. The van der Waals surface area contributed by atoms with Crippen LogP contribution < -0.4 is 11.1 Å². The molecule has 2 aliphatic rings. The van der Waals surface area contributed by atoms with Gasteiger partial charge in [0.25, 0.3) is 0 Å². The molecule has 2 saturated carbocycles. The molecule has 0 aromatic carbocycles. The minimum absolute atomic E-state index is 0.110. The first-order valence-corrected chi connectivity index (χ1v) is 5.23. The molecule has 4 nitrogen and oxygen atoms in total. The van der Waals surface area contributed by atoms with Gasteiger partial charge >= 0.3 is 0 Å². The lowest BCUT2D eigenvalue weighted by Gasteiger charge is -2.11. The van der Waals surface area contributed by atoms with Gasteiger partial charge in [-0.2, -0.15) is 0 Å². The predicted molar refractivity (Wildman–Crippen MR) is 51.1 cm³/mol. The molecule has 78 valence electrons. The molecule has 4 heteroatoms. The Hall–Kier alpha value is -1.06. The summed E-state index contributed by atoms with van der Waals surface area (Å²) in [5, 5.41) is 2.76. The topological polar surface area (TPSA) is 72.2 Å². The van der Waals surface area contributed by atoms with Crippen LogP contribution in [0.25, 0.3) is 0 Å². The van der Waals surface area contributed by atoms with Gasteiger partial charge in [-0.1, -0.05) is 0 Å². The molecule has 0 heterocycles. The van der Waals surface area contributed by atoms with Crippen molar-refractivity contribution in [1.29, 1.82) is 0 Å². The predicted octanol–water partition coefficient (Wildman–Crippen LogP) is 0.0241. The molecule has 0 bridgehead atoms. The fraction of sp³-hybridized carbons (Fsp3) is 0.800. The summed E-state index contributed by atoms with van der Waals surface area (Å²) in [6.45, 7) is 0.389. The fourth-order valence-corrected chi connectivity index (χ4v) is 2.38. The molecule has 2 atom stereocenters. The third kappa shape index (κ3) is 2.05. The Balaban J connectivity index is 1.66. The second-order valence-electron chi connectivity index (χ2n) is 4.43. The van der Waals surface area contributed by atoms with Crippen LogP contribution in [0.4, 0.5) is 0 Å². The van der Waals surface area contributed by atoms with E-state index in [1.54, 1.807) is 0 Å². The number of nitrogens with two attached hydrogens (primary N) is 1.